The number of fused-ring (bicyclic) bond motifs is 1. The molecule has 180 valence electrons. The number of amides is 2. The third-order valence-electron chi connectivity index (χ3n) is 6.49. The van der Waals surface area contributed by atoms with Crippen molar-refractivity contribution in [3.63, 3.8) is 0 Å². The SMILES string of the molecule is CC(=O)c1ccc2c(c1)CCC[C@H]2NC(=O)CC1C(=O)NCCN1S(=O)(=O)c1ccc(C)cc1. The molecular weight excluding hydrogens is 454 g/mol. The predicted molar refractivity (Wildman–Crippen MR) is 127 cm³/mol. The van der Waals surface area contributed by atoms with Crippen molar-refractivity contribution in [3.8, 4) is 0 Å². The highest BCUT2D eigenvalue weighted by Gasteiger charge is 2.40. The second-order valence-electron chi connectivity index (χ2n) is 8.92. The van der Waals surface area contributed by atoms with Gasteiger partial charge in [-0.1, -0.05) is 29.8 Å². The van der Waals surface area contributed by atoms with Gasteiger partial charge >= 0.3 is 0 Å². The van der Waals surface area contributed by atoms with E-state index in [0.717, 1.165) is 40.3 Å². The minimum absolute atomic E-state index is 0.00727. The lowest BCUT2D eigenvalue weighted by atomic mass is 9.86. The number of carbonyl (C=O) groups is 3. The van der Waals surface area contributed by atoms with Crippen LogP contribution in [0.2, 0.25) is 0 Å². The number of benzene rings is 2. The molecule has 2 aliphatic rings. The number of carbonyl (C=O) groups excluding carboxylic acids is 3. The van der Waals surface area contributed by atoms with Crippen molar-refractivity contribution >= 4 is 27.6 Å². The highest BCUT2D eigenvalue weighted by molar-refractivity contribution is 7.89. The van der Waals surface area contributed by atoms with Crippen LogP contribution in [0.5, 0.6) is 0 Å². The molecule has 0 aromatic heterocycles. The van der Waals surface area contributed by atoms with Crippen molar-refractivity contribution in [3.05, 3.63) is 64.7 Å². The quantitative estimate of drug-likeness (QED) is 0.612. The number of hydrogen-bond acceptors (Lipinski definition) is 5. The Labute approximate surface area is 199 Å². The summed E-state index contributed by atoms with van der Waals surface area (Å²) in [6.07, 6.45) is 2.16. The molecule has 1 aliphatic heterocycles. The van der Waals surface area contributed by atoms with Crippen molar-refractivity contribution < 1.29 is 22.8 Å². The molecule has 2 N–H and O–H groups in total. The molecule has 2 aromatic carbocycles. The van der Waals surface area contributed by atoms with E-state index < -0.39 is 22.0 Å². The maximum atomic E-state index is 13.3. The Kier molecular flexibility index (Phi) is 6.86. The standard InChI is InChI=1S/C25H29N3O5S/c1-16-6-9-20(10-7-16)34(32,33)28-13-12-26-25(31)23(28)15-24(30)27-22-5-3-4-19-14-18(17(2)29)8-11-21(19)22/h6-11,14,22-23H,3-5,12-13,15H2,1-2H3,(H,26,31)(H,27,30)/t22-,23?/m1/s1. The fraction of sp³-hybridized carbons (Fsp3) is 0.400. The second-order valence-corrected chi connectivity index (χ2v) is 10.8. The van der Waals surface area contributed by atoms with Crippen LogP contribution in [-0.4, -0.2) is 49.5 Å². The van der Waals surface area contributed by atoms with E-state index in [1.807, 2.05) is 19.1 Å². The monoisotopic (exact) mass is 483 g/mol. The molecule has 9 heteroatoms. The highest BCUT2D eigenvalue weighted by atomic mass is 32.2. The number of sulfonamides is 1. The van der Waals surface area contributed by atoms with Crippen LogP contribution in [0.3, 0.4) is 0 Å². The van der Waals surface area contributed by atoms with Gasteiger partial charge in [0.2, 0.25) is 21.8 Å². The molecule has 34 heavy (non-hydrogen) atoms. The topological polar surface area (TPSA) is 113 Å². The van der Waals surface area contributed by atoms with Crippen LogP contribution in [0.1, 0.15) is 59.3 Å². The summed E-state index contributed by atoms with van der Waals surface area (Å²) >= 11 is 0. The molecule has 1 fully saturated rings. The number of Topliss-reactive ketones (excluding diaryl/α,β-unsaturated/α-hetero) is 1. The van der Waals surface area contributed by atoms with Crippen molar-refractivity contribution in [2.75, 3.05) is 13.1 Å². The van der Waals surface area contributed by atoms with Gasteiger partial charge in [0.25, 0.3) is 0 Å². The summed E-state index contributed by atoms with van der Waals surface area (Å²) in [5.74, 6) is -0.876. The summed E-state index contributed by atoms with van der Waals surface area (Å²) in [5.41, 5.74) is 3.56. The van der Waals surface area contributed by atoms with Gasteiger partial charge in [-0.2, -0.15) is 4.31 Å². The van der Waals surface area contributed by atoms with Gasteiger partial charge in [-0.15, -0.1) is 0 Å². The van der Waals surface area contributed by atoms with E-state index >= 15 is 0 Å². The Balaban J connectivity index is 1.52. The Morgan fingerprint density at radius 1 is 1.15 bits per heavy atom. The maximum Gasteiger partial charge on any atom is 0.243 e. The van der Waals surface area contributed by atoms with Crippen molar-refractivity contribution in [1.29, 1.82) is 0 Å². The molecule has 2 atom stereocenters. The third-order valence-corrected chi connectivity index (χ3v) is 8.41. The van der Waals surface area contributed by atoms with Gasteiger partial charge in [-0.05, 0) is 62.4 Å². The number of piperazine rings is 1. The summed E-state index contributed by atoms with van der Waals surface area (Å²) in [4.78, 5) is 37.4. The van der Waals surface area contributed by atoms with Crippen molar-refractivity contribution in [1.82, 2.24) is 14.9 Å². The summed E-state index contributed by atoms with van der Waals surface area (Å²) in [5, 5.41) is 5.66. The number of ketones is 1. The molecule has 0 bridgehead atoms. The maximum absolute atomic E-state index is 13.3. The van der Waals surface area contributed by atoms with Crippen LogP contribution in [0, 0.1) is 6.92 Å². The molecule has 2 amide bonds. The first-order valence-electron chi connectivity index (χ1n) is 11.5. The van der Waals surface area contributed by atoms with Gasteiger partial charge < -0.3 is 10.6 Å². The lowest BCUT2D eigenvalue weighted by Gasteiger charge is -2.34. The van der Waals surface area contributed by atoms with Crippen LogP contribution < -0.4 is 10.6 Å². The van der Waals surface area contributed by atoms with Gasteiger partial charge in [0.1, 0.15) is 6.04 Å². The average molecular weight is 484 g/mol. The number of hydrogen-bond donors (Lipinski definition) is 2. The molecule has 1 saturated heterocycles. The fourth-order valence-corrected chi connectivity index (χ4v) is 6.22. The molecular formula is C25H29N3O5S. The normalized spacial score (nSPS) is 20.8. The second kappa shape index (κ2) is 9.68. The Morgan fingerprint density at radius 2 is 1.88 bits per heavy atom. The zero-order chi connectivity index (χ0) is 24.5. The van der Waals surface area contributed by atoms with Crippen LogP contribution in [0.15, 0.2) is 47.4 Å². The highest BCUT2D eigenvalue weighted by Crippen LogP contribution is 2.31. The van der Waals surface area contributed by atoms with Gasteiger partial charge in [0, 0.05) is 18.7 Å². The molecule has 0 spiro atoms. The first-order chi connectivity index (χ1) is 16.2. The molecule has 1 aliphatic carbocycles. The lowest BCUT2D eigenvalue weighted by molar-refractivity contribution is -0.132. The number of rotatable bonds is 6. The number of nitrogens with one attached hydrogen (secondary N) is 2. The Hall–Kier alpha value is -3.04. The molecule has 4 rings (SSSR count). The van der Waals surface area contributed by atoms with E-state index in [-0.39, 0.29) is 42.1 Å². The van der Waals surface area contributed by atoms with Crippen LogP contribution in [0.4, 0.5) is 0 Å². The summed E-state index contributed by atoms with van der Waals surface area (Å²) in [7, 11) is -3.94. The number of nitrogens with zero attached hydrogens (tertiary/aromatic N) is 1. The molecule has 2 aromatic rings. The van der Waals surface area contributed by atoms with Crippen LogP contribution in [0.25, 0.3) is 0 Å². The van der Waals surface area contributed by atoms with Crippen LogP contribution in [-0.2, 0) is 26.0 Å². The van der Waals surface area contributed by atoms with E-state index in [4.69, 9.17) is 0 Å². The summed E-state index contributed by atoms with van der Waals surface area (Å²) in [6, 6.07) is 10.6. The van der Waals surface area contributed by atoms with E-state index in [1.165, 1.54) is 19.1 Å². The predicted octanol–water partition coefficient (Wildman–Crippen LogP) is 2.27. The Bertz CT molecular complexity index is 1220. The van der Waals surface area contributed by atoms with E-state index in [2.05, 4.69) is 10.6 Å². The molecule has 1 heterocycles. The lowest BCUT2D eigenvalue weighted by Crippen LogP contribution is -2.58. The minimum atomic E-state index is -3.94. The Morgan fingerprint density at radius 3 is 2.59 bits per heavy atom. The molecule has 8 nitrogen and oxygen atoms in total. The zero-order valence-electron chi connectivity index (χ0n) is 19.3. The van der Waals surface area contributed by atoms with Gasteiger partial charge in [0.15, 0.2) is 5.78 Å². The van der Waals surface area contributed by atoms with Crippen LogP contribution >= 0.6 is 0 Å². The first-order valence-corrected chi connectivity index (χ1v) is 12.9. The first kappa shape index (κ1) is 24.1. The largest absolute Gasteiger partial charge is 0.353 e. The average Bonchev–Trinajstić information content (AvgIpc) is 2.80. The van der Waals surface area contributed by atoms with Crippen molar-refractivity contribution in [2.45, 2.75) is 56.5 Å². The van der Waals surface area contributed by atoms with Crippen molar-refractivity contribution in [2.24, 2.45) is 0 Å². The molecule has 0 saturated carbocycles. The molecule has 0 radical (unpaired) electrons. The molecule has 1 unspecified atom stereocenters. The summed E-state index contributed by atoms with van der Waals surface area (Å²) < 4.78 is 27.7. The number of aryl methyl sites for hydroxylation is 2. The smallest absolute Gasteiger partial charge is 0.243 e. The van der Waals surface area contributed by atoms with E-state index in [1.54, 1.807) is 18.2 Å². The minimum Gasteiger partial charge on any atom is -0.353 e. The fourth-order valence-electron chi connectivity index (χ4n) is 4.63. The zero-order valence-corrected chi connectivity index (χ0v) is 20.2. The van der Waals surface area contributed by atoms with Gasteiger partial charge in [0.05, 0.1) is 17.4 Å². The summed E-state index contributed by atoms with van der Waals surface area (Å²) in [6.45, 7) is 3.67. The van der Waals surface area contributed by atoms with Gasteiger partial charge in [-0.25, -0.2) is 8.42 Å². The van der Waals surface area contributed by atoms with E-state index in [9.17, 15) is 22.8 Å². The van der Waals surface area contributed by atoms with Gasteiger partial charge in [-0.3, -0.25) is 14.4 Å². The van der Waals surface area contributed by atoms with E-state index in [0.29, 0.717) is 5.56 Å². The third kappa shape index (κ3) is 4.90.